The molecule has 17 heavy (non-hydrogen) atoms. The summed E-state index contributed by atoms with van der Waals surface area (Å²) in [5.41, 5.74) is 7.74. The van der Waals surface area contributed by atoms with Gasteiger partial charge in [0.05, 0.1) is 11.4 Å². The lowest BCUT2D eigenvalue weighted by molar-refractivity contribution is 0.617. The van der Waals surface area contributed by atoms with Crippen LogP contribution in [0, 0.1) is 0 Å². The quantitative estimate of drug-likeness (QED) is 0.534. The summed E-state index contributed by atoms with van der Waals surface area (Å²) in [6.07, 6.45) is 7.93. The lowest BCUT2D eigenvalue weighted by Gasteiger charge is -2.09. The Balaban J connectivity index is 2.15. The van der Waals surface area contributed by atoms with Crippen molar-refractivity contribution in [2.24, 2.45) is 0 Å². The molecule has 0 saturated heterocycles. The number of benzene rings is 1. The van der Waals surface area contributed by atoms with Crippen LogP contribution in [-0.4, -0.2) is 6.54 Å². The normalized spacial score (nSPS) is 10.5. The summed E-state index contributed by atoms with van der Waals surface area (Å²) < 4.78 is 1.07. The minimum absolute atomic E-state index is 0.819. The lowest BCUT2D eigenvalue weighted by Crippen LogP contribution is -2.04. The van der Waals surface area contributed by atoms with Crippen molar-refractivity contribution in [3.8, 4) is 0 Å². The van der Waals surface area contributed by atoms with Crippen molar-refractivity contribution in [1.82, 2.24) is 0 Å². The molecule has 3 heteroatoms. The number of unbranched alkanes of at least 4 members (excludes halogenated alkanes) is 5. The van der Waals surface area contributed by atoms with Crippen molar-refractivity contribution in [2.75, 3.05) is 17.6 Å². The van der Waals surface area contributed by atoms with Crippen LogP contribution in [0.15, 0.2) is 22.7 Å². The zero-order chi connectivity index (χ0) is 12.5. The minimum Gasteiger partial charge on any atom is -0.397 e. The number of hydrogen-bond acceptors (Lipinski definition) is 2. The zero-order valence-corrected chi connectivity index (χ0v) is 12.2. The van der Waals surface area contributed by atoms with Gasteiger partial charge in [-0.2, -0.15) is 0 Å². The Kier molecular flexibility index (Phi) is 7.10. The molecule has 2 nitrogen and oxygen atoms in total. The predicted octanol–water partition coefficient (Wildman–Crippen LogP) is 4.80. The molecule has 0 unspecified atom stereocenters. The molecule has 1 aromatic rings. The van der Waals surface area contributed by atoms with Crippen molar-refractivity contribution in [1.29, 1.82) is 0 Å². The van der Waals surface area contributed by atoms with Gasteiger partial charge in [0.25, 0.3) is 0 Å². The van der Waals surface area contributed by atoms with Crippen LogP contribution in [0.5, 0.6) is 0 Å². The van der Waals surface area contributed by atoms with Crippen LogP contribution in [0.1, 0.15) is 45.4 Å². The number of rotatable bonds is 8. The van der Waals surface area contributed by atoms with Gasteiger partial charge in [-0.15, -0.1) is 0 Å². The SMILES string of the molecule is CCCCCCCCNc1cc(Br)ccc1N. The first-order chi connectivity index (χ1) is 8.24. The number of nitrogens with two attached hydrogens (primary N) is 1. The number of hydrogen-bond donors (Lipinski definition) is 2. The van der Waals surface area contributed by atoms with Gasteiger partial charge >= 0.3 is 0 Å². The standard InChI is InChI=1S/C14H23BrN2/c1-2-3-4-5-6-7-10-17-14-11-12(15)8-9-13(14)16/h8-9,11,17H,2-7,10,16H2,1H3. The third-order valence-electron chi connectivity index (χ3n) is 2.86. The zero-order valence-electron chi connectivity index (χ0n) is 10.6. The van der Waals surface area contributed by atoms with E-state index in [1.54, 1.807) is 0 Å². The molecular formula is C14H23BrN2. The maximum absolute atomic E-state index is 5.89. The molecule has 3 N–H and O–H groups in total. The maximum atomic E-state index is 5.89. The third kappa shape index (κ3) is 5.97. The summed E-state index contributed by atoms with van der Waals surface area (Å²) in [4.78, 5) is 0. The molecule has 0 bridgehead atoms. The molecule has 0 aromatic heterocycles. The molecule has 0 heterocycles. The number of nitrogens with one attached hydrogen (secondary N) is 1. The van der Waals surface area contributed by atoms with Crippen molar-refractivity contribution in [3.05, 3.63) is 22.7 Å². The van der Waals surface area contributed by atoms with Crippen molar-refractivity contribution < 1.29 is 0 Å². The molecule has 0 spiro atoms. The number of halogens is 1. The molecule has 0 aliphatic rings. The fourth-order valence-corrected chi connectivity index (χ4v) is 2.17. The first-order valence-corrected chi connectivity index (χ1v) is 7.32. The third-order valence-corrected chi connectivity index (χ3v) is 3.35. The summed E-state index contributed by atoms with van der Waals surface area (Å²) in [5.74, 6) is 0. The van der Waals surface area contributed by atoms with Gasteiger partial charge in [0, 0.05) is 11.0 Å². The van der Waals surface area contributed by atoms with E-state index < -0.39 is 0 Å². The van der Waals surface area contributed by atoms with Gasteiger partial charge in [-0.1, -0.05) is 55.0 Å². The first kappa shape index (κ1) is 14.4. The Morgan fingerprint density at radius 3 is 2.59 bits per heavy atom. The molecular weight excluding hydrogens is 276 g/mol. The van der Waals surface area contributed by atoms with E-state index in [4.69, 9.17) is 5.73 Å². The van der Waals surface area contributed by atoms with Crippen LogP contribution < -0.4 is 11.1 Å². The van der Waals surface area contributed by atoms with Crippen LogP contribution in [0.2, 0.25) is 0 Å². The largest absolute Gasteiger partial charge is 0.397 e. The van der Waals surface area contributed by atoms with Gasteiger partial charge in [0.15, 0.2) is 0 Å². The average molecular weight is 299 g/mol. The second-order valence-electron chi connectivity index (χ2n) is 4.43. The van der Waals surface area contributed by atoms with E-state index in [9.17, 15) is 0 Å². The van der Waals surface area contributed by atoms with Gasteiger partial charge in [-0.05, 0) is 24.6 Å². The van der Waals surface area contributed by atoms with Gasteiger partial charge in [0.2, 0.25) is 0 Å². The Morgan fingerprint density at radius 2 is 1.82 bits per heavy atom. The van der Waals surface area contributed by atoms with Crippen LogP contribution in [0.3, 0.4) is 0 Å². The van der Waals surface area contributed by atoms with Crippen LogP contribution >= 0.6 is 15.9 Å². The highest BCUT2D eigenvalue weighted by atomic mass is 79.9. The molecule has 0 atom stereocenters. The smallest absolute Gasteiger partial charge is 0.0585 e. The monoisotopic (exact) mass is 298 g/mol. The van der Waals surface area contributed by atoms with Crippen LogP contribution in [0.4, 0.5) is 11.4 Å². The van der Waals surface area contributed by atoms with Crippen LogP contribution in [-0.2, 0) is 0 Å². The Labute approximate surface area is 113 Å². The molecule has 1 rings (SSSR count). The van der Waals surface area contributed by atoms with Crippen LogP contribution in [0.25, 0.3) is 0 Å². The fourth-order valence-electron chi connectivity index (χ4n) is 1.81. The van der Waals surface area contributed by atoms with Gasteiger partial charge in [-0.3, -0.25) is 0 Å². The van der Waals surface area contributed by atoms with Gasteiger partial charge in [0.1, 0.15) is 0 Å². The van der Waals surface area contributed by atoms with Crippen molar-refractivity contribution in [2.45, 2.75) is 45.4 Å². The highest BCUT2D eigenvalue weighted by Gasteiger charge is 1.98. The summed E-state index contributed by atoms with van der Waals surface area (Å²) in [6.45, 7) is 3.25. The maximum Gasteiger partial charge on any atom is 0.0585 e. The summed E-state index contributed by atoms with van der Waals surface area (Å²) >= 11 is 3.45. The average Bonchev–Trinajstić information content (AvgIpc) is 2.32. The van der Waals surface area contributed by atoms with Gasteiger partial charge < -0.3 is 11.1 Å². The lowest BCUT2D eigenvalue weighted by atomic mass is 10.1. The Hall–Kier alpha value is -0.700. The van der Waals surface area contributed by atoms with E-state index in [-0.39, 0.29) is 0 Å². The molecule has 1 aromatic carbocycles. The Bertz CT molecular complexity index is 326. The highest BCUT2D eigenvalue weighted by molar-refractivity contribution is 9.10. The van der Waals surface area contributed by atoms with E-state index in [1.807, 2.05) is 18.2 Å². The molecule has 0 fully saturated rings. The van der Waals surface area contributed by atoms with E-state index >= 15 is 0 Å². The van der Waals surface area contributed by atoms with Gasteiger partial charge in [-0.25, -0.2) is 0 Å². The topological polar surface area (TPSA) is 38.0 Å². The number of anilines is 2. The molecule has 0 aliphatic heterocycles. The van der Waals surface area contributed by atoms with Crippen molar-refractivity contribution >= 4 is 27.3 Å². The van der Waals surface area contributed by atoms with E-state index in [0.717, 1.165) is 22.4 Å². The fraction of sp³-hybridized carbons (Fsp3) is 0.571. The predicted molar refractivity (Wildman–Crippen MR) is 80.4 cm³/mol. The summed E-state index contributed by atoms with van der Waals surface area (Å²) in [7, 11) is 0. The second-order valence-corrected chi connectivity index (χ2v) is 5.34. The van der Waals surface area contributed by atoms with Crippen molar-refractivity contribution in [3.63, 3.8) is 0 Å². The molecule has 0 amide bonds. The summed E-state index contributed by atoms with van der Waals surface area (Å²) in [5, 5.41) is 3.39. The highest BCUT2D eigenvalue weighted by Crippen LogP contribution is 2.23. The summed E-state index contributed by atoms with van der Waals surface area (Å²) in [6, 6.07) is 5.92. The molecule has 0 saturated carbocycles. The first-order valence-electron chi connectivity index (χ1n) is 6.53. The van der Waals surface area contributed by atoms with E-state index in [0.29, 0.717) is 0 Å². The second kappa shape index (κ2) is 8.40. The number of nitrogen functional groups attached to an aromatic ring is 1. The minimum atomic E-state index is 0.819. The van der Waals surface area contributed by atoms with E-state index in [1.165, 1.54) is 38.5 Å². The Morgan fingerprint density at radius 1 is 1.12 bits per heavy atom. The van der Waals surface area contributed by atoms with E-state index in [2.05, 4.69) is 28.2 Å². The molecule has 96 valence electrons. The molecule has 0 aliphatic carbocycles. The molecule has 0 radical (unpaired) electrons.